The predicted octanol–water partition coefficient (Wildman–Crippen LogP) is 6.23. The van der Waals surface area contributed by atoms with Gasteiger partial charge in [-0.15, -0.1) is 0 Å². The van der Waals surface area contributed by atoms with Crippen LogP contribution in [0.3, 0.4) is 0 Å². The number of aliphatic hydroxyl groups is 1. The Balaban J connectivity index is 1.30. The summed E-state index contributed by atoms with van der Waals surface area (Å²) in [5, 5.41) is 25.0. The molecule has 0 unspecified atom stereocenters. The minimum atomic E-state index is -0.594. The molecule has 2 N–H and O–H groups in total. The summed E-state index contributed by atoms with van der Waals surface area (Å²) < 4.78 is 18.7. The molecule has 43 heavy (non-hydrogen) atoms. The van der Waals surface area contributed by atoms with E-state index in [2.05, 4.69) is 11.9 Å². The highest BCUT2D eigenvalue weighted by atomic mass is 32.2. The lowest BCUT2D eigenvalue weighted by atomic mass is 9.99. The van der Waals surface area contributed by atoms with E-state index in [1.165, 1.54) is 24.0 Å². The van der Waals surface area contributed by atoms with Gasteiger partial charge >= 0.3 is 6.09 Å². The first-order chi connectivity index (χ1) is 21.0. The second-order valence-corrected chi connectivity index (χ2v) is 11.1. The number of aliphatic hydroxyl groups excluding tert-OH is 1. The van der Waals surface area contributed by atoms with E-state index >= 15 is 0 Å². The Morgan fingerprint density at radius 1 is 1.00 bits per heavy atom. The first-order valence-electron chi connectivity index (χ1n) is 14.0. The molecule has 1 aliphatic heterocycles. The minimum absolute atomic E-state index is 0.0167. The number of thioether (sulfide) groups is 1. The van der Waals surface area contributed by atoms with Crippen LogP contribution >= 0.6 is 11.8 Å². The number of hydrogen-bond acceptors (Lipinski definition) is 7. The Labute approximate surface area is 255 Å². The van der Waals surface area contributed by atoms with Crippen LogP contribution in [0, 0.1) is 5.21 Å². The number of pyridine rings is 1. The third-order valence-corrected chi connectivity index (χ3v) is 8.18. The topological polar surface area (TPSA) is 104 Å². The second kappa shape index (κ2) is 14.8. The van der Waals surface area contributed by atoms with Crippen LogP contribution in [0.1, 0.15) is 41.1 Å². The van der Waals surface area contributed by atoms with Crippen molar-refractivity contribution in [3.63, 3.8) is 0 Å². The standard InChI is InChI=1S/C34H34N2O6S/c1-2-18-40-34(38)35-21-25-6-5-7-29(19-25)26-13-15-28(16-14-26)33-41-30(23-43-32-8-3-4-17-36(32)39)20-31(42-33)27-11-9-24(22-37)10-12-27/h2-17,19,30-31,33,37H,1,18,20-23H2,(H,35,38)/t30-,31+,33+/m0/s1. The lowest BCUT2D eigenvalue weighted by Crippen LogP contribution is -2.32. The van der Waals surface area contributed by atoms with E-state index in [1.54, 1.807) is 12.1 Å². The highest BCUT2D eigenvalue weighted by molar-refractivity contribution is 7.99. The molecule has 3 atom stereocenters. The van der Waals surface area contributed by atoms with Gasteiger partial charge in [-0.05, 0) is 39.9 Å². The number of carbonyl (C=O) groups is 1. The average Bonchev–Trinajstić information content (AvgIpc) is 3.06. The third kappa shape index (κ3) is 8.24. The van der Waals surface area contributed by atoms with E-state index in [0.29, 0.717) is 23.7 Å². The van der Waals surface area contributed by atoms with Crippen LogP contribution in [0.15, 0.2) is 115 Å². The highest BCUT2D eigenvalue weighted by Gasteiger charge is 2.32. The van der Waals surface area contributed by atoms with Crippen molar-refractivity contribution in [2.45, 2.75) is 43.1 Å². The quantitative estimate of drug-likeness (QED) is 0.0913. The second-order valence-electron chi connectivity index (χ2n) is 10.1. The molecule has 0 bridgehead atoms. The summed E-state index contributed by atoms with van der Waals surface area (Å²) in [5.41, 5.74) is 5.71. The van der Waals surface area contributed by atoms with E-state index in [0.717, 1.165) is 38.1 Å². The molecule has 1 aliphatic rings. The lowest BCUT2D eigenvalue weighted by Gasteiger charge is -2.36. The number of rotatable bonds is 11. The number of aromatic nitrogens is 1. The van der Waals surface area contributed by atoms with E-state index in [-0.39, 0.29) is 25.4 Å². The van der Waals surface area contributed by atoms with Crippen LogP contribution in [0.2, 0.25) is 0 Å². The Bertz CT molecular complexity index is 1510. The molecule has 1 saturated heterocycles. The largest absolute Gasteiger partial charge is 0.618 e. The fourth-order valence-corrected chi connectivity index (χ4v) is 5.71. The Morgan fingerprint density at radius 3 is 2.53 bits per heavy atom. The molecule has 0 spiro atoms. The minimum Gasteiger partial charge on any atom is -0.618 e. The molecule has 5 rings (SSSR count). The zero-order chi connectivity index (χ0) is 30.0. The number of nitrogens with zero attached hydrogens (tertiary/aromatic N) is 1. The normalized spacial score (nSPS) is 18.1. The van der Waals surface area contributed by atoms with E-state index in [1.807, 2.05) is 78.9 Å². The van der Waals surface area contributed by atoms with Crippen molar-refractivity contribution in [1.29, 1.82) is 0 Å². The fraction of sp³-hybridized carbons (Fsp3) is 0.235. The van der Waals surface area contributed by atoms with Crippen LogP contribution in [0.25, 0.3) is 11.1 Å². The molecular formula is C34H34N2O6S. The van der Waals surface area contributed by atoms with Crippen molar-refractivity contribution in [2.24, 2.45) is 0 Å². The number of ether oxygens (including phenoxy) is 3. The van der Waals surface area contributed by atoms with Crippen molar-refractivity contribution in [1.82, 2.24) is 5.32 Å². The van der Waals surface area contributed by atoms with Crippen LogP contribution in [-0.4, -0.2) is 29.7 Å². The summed E-state index contributed by atoms with van der Waals surface area (Å²) in [6.07, 6.45) is 2.19. The SMILES string of the molecule is C=CCOC(=O)NCc1cccc(-c2ccc([C@@H]3O[C@H](CSc4cccc[n+]4[O-])C[C@H](c4ccc(CO)cc4)O3)cc2)c1. The van der Waals surface area contributed by atoms with E-state index in [9.17, 15) is 15.1 Å². The number of carbonyl (C=O) groups excluding carboxylic acids is 1. The zero-order valence-corrected chi connectivity index (χ0v) is 24.5. The Hall–Kier alpha value is -4.15. The molecule has 0 aliphatic carbocycles. The summed E-state index contributed by atoms with van der Waals surface area (Å²) in [5.74, 6) is 0.595. The maximum absolute atomic E-state index is 12.2. The molecular weight excluding hydrogens is 564 g/mol. The summed E-state index contributed by atoms with van der Waals surface area (Å²) in [4.78, 5) is 11.8. The van der Waals surface area contributed by atoms with Crippen molar-refractivity contribution in [3.05, 3.63) is 137 Å². The maximum atomic E-state index is 12.2. The van der Waals surface area contributed by atoms with Crippen molar-refractivity contribution in [2.75, 3.05) is 12.4 Å². The molecule has 0 saturated carbocycles. The van der Waals surface area contributed by atoms with Gasteiger partial charge in [-0.1, -0.05) is 91.1 Å². The van der Waals surface area contributed by atoms with Crippen LogP contribution in [0.4, 0.5) is 4.79 Å². The molecule has 222 valence electrons. The molecule has 2 heterocycles. The Morgan fingerprint density at radius 2 is 1.79 bits per heavy atom. The lowest BCUT2D eigenvalue weighted by molar-refractivity contribution is -0.645. The van der Waals surface area contributed by atoms with Crippen molar-refractivity contribution >= 4 is 17.9 Å². The molecule has 8 nitrogen and oxygen atoms in total. The number of amides is 1. The number of nitrogens with one attached hydrogen (secondary N) is 1. The van der Waals surface area contributed by atoms with Crippen LogP contribution < -0.4 is 10.0 Å². The van der Waals surface area contributed by atoms with Gasteiger partial charge in [0, 0.05) is 36.4 Å². The Kier molecular flexibility index (Phi) is 10.5. The van der Waals surface area contributed by atoms with Crippen LogP contribution in [0.5, 0.6) is 0 Å². The van der Waals surface area contributed by atoms with Crippen molar-refractivity contribution in [3.8, 4) is 11.1 Å². The summed E-state index contributed by atoms with van der Waals surface area (Å²) in [6.45, 7) is 4.04. The molecule has 3 aromatic carbocycles. The first kappa shape index (κ1) is 30.3. The molecule has 9 heteroatoms. The summed E-state index contributed by atoms with van der Waals surface area (Å²) >= 11 is 1.46. The molecule has 1 amide bonds. The van der Waals surface area contributed by atoms with Gasteiger partial charge in [0.1, 0.15) is 6.61 Å². The average molecular weight is 599 g/mol. The third-order valence-electron chi connectivity index (χ3n) is 7.03. The molecule has 1 fully saturated rings. The molecule has 4 aromatic rings. The summed E-state index contributed by atoms with van der Waals surface area (Å²) in [6, 6.07) is 29.1. The van der Waals surface area contributed by atoms with Gasteiger partial charge in [0.15, 0.2) is 12.5 Å². The smallest absolute Gasteiger partial charge is 0.407 e. The van der Waals surface area contributed by atoms with Crippen molar-refractivity contribution < 1.29 is 28.8 Å². The summed E-state index contributed by atoms with van der Waals surface area (Å²) in [7, 11) is 0. The number of hydrogen-bond donors (Lipinski definition) is 2. The first-order valence-corrected chi connectivity index (χ1v) is 15.0. The predicted molar refractivity (Wildman–Crippen MR) is 165 cm³/mol. The van der Waals surface area contributed by atoms with Crippen LogP contribution in [-0.2, 0) is 27.4 Å². The van der Waals surface area contributed by atoms with E-state index in [4.69, 9.17) is 14.2 Å². The van der Waals surface area contributed by atoms with Gasteiger partial charge in [0.2, 0.25) is 0 Å². The van der Waals surface area contributed by atoms with Gasteiger partial charge in [0.25, 0.3) is 5.03 Å². The van der Waals surface area contributed by atoms with Gasteiger partial charge in [-0.3, -0.25) is 0 Å². The molecule has 0 radical (unpaired) electrons. The number of alkyl carbamates (subject to hydrolysis) is 1. The monoisotopic (exact) mass is 598 g/mol. The van der Waals surface area contributed by atoms with Gasteiger partial charge in [-0.2, -0.15) is 4.73 Å². The highest BCUT2D eigenvalue weighted by Crippen LogP contribution is 2.39. The van der Waals surface area contributed by atoms with E-state index < -0.39 is 12.4 Å². The molecule has 1 aromatic heterocycles. The zero-order valence-electron chi connectivity index (χ0n) is 23.6. The fourth-order valence-electron chi connectivity index (χ4n) is 4.78. The number of benzene rings is 3. The maximum Gasteiger partial charge on any atom is 0.407 e. The van der Waals surface area contributed by atoms with Gasteiger partial charge in [-0.25, -0.2) is 4.79 Å². The van der Waals surface area contributed by atoms with Gasteiger partial charge < -0.3 is 29.8 Å². The van der Waals surface area contributed by atoms with Gasteiger partial charge in [0.05, 0.1) is 18.8 Å².